The smallest absolute Gasteiger partial charge is 0.279 e. The van der Waals surface area contributed by atoms with Crippen LogP contribution in [0.1, 0.15) is 19.8 Å². The summed E-state index contributed by atoms with van der Waals surface area (Å²) in [6.07, 6.45) is 2.46. The first-order valence-corrected chi connectivity index (χ1v) is 8.77. The van der Waals surface area contributed by atoms with Gasteiger partial charge in [-0.2, -0.15) is 0 Å². The summed E-state index contributed by atoms with van der Waals surface area (Å²) in [7, 11) is 0. The molecule has 0 aliphatic carbocycles. The van der Waals surface area contributed by atoms with E-state index >= 15 is 0 Å². The lowest BCUT2D eigenvalue weighted by Gasteiger charge is -2.31. The van der Waals surface area contributed by atoms with E-state index in [0.717, 1.165) is 56.7 Å². The Bertz CT molecular complexity index is 521. The fourth-order valence-electron chi connectivity index (χ4n) is 3.43. The molecule has 0 unspecified atom stereocenters. The number of carbonyl (C=O) groups excluding carboxylic acids is 1. The van der Waals surface area contributed by atoms with Crippen molar-refractivity contribution >= 4 is 17.3 Å². The molecule has 2 N–H and O–H groups in total. The van der Waals surface area contributed by atoms with E-state index in [4.69, 9.17) is 4.74 Å². The van der Waals surface area contributed by atoms with Gasteiger partial charge < -0.3 is 19.9 Å². The Balaban J connectivity index is 1.59. The SMILES string of the molecule is CC1CC[NH+](CC(=O)Nc2ccccc2N2CCOCC2)CC1. The van der Waals surface area contributed by atoms with Crippen LogP contribution in [0.2, 0.25) is 0 Å². The first-order chi connectivity index (χ1) is 11.2. The van der Waals surface area contributed by atoms with E-state index in [-0.39, 0.29) is 5.91 Å². The molecule has 1 aromatic carbocycles. The van der Waals surface area contributed by atoms with Gasteiger partial charge in [-0.15, -0.1) is 0 Å². The summed E-state index contributed by atoms with van der Waals surface area (Å²) >= 11 is 0. The van der Waals surface area contributed by atoms with E-state index in [1.807, 2.05) is 18.2 Å². The number of hydrogen-bond donors (Lipinski definition) is 2. The first kappa shape index (κ1) is 16.3. The highest BCUT2D eigenvalue weighted by Crippen LogP contribution is 2.26. The van der Waals surface area contributed by atoms with Crippen LogP contribution in [0.4, 0.5) is 11.4 Å². The second-order valence-electron chi connectivity index (χ2n) is 6.77. The second kappa shape index (κ2) is 7.79. The lowest BCUT2D eigenvalue weighted by atomic mass is 9.99. The molecule has 0 spiro atoms. The molecule has 2 heterocycles. The summed E-state index contributed by atoms with van der Waals surface area (Å²) in [5.74, 6) is 0.930. The molecule has 0 saturated carbocycles. The monoisotopic (exact) mass is 318 g/mol. The predicted molar refractivity (Wildman–Crippen MR) is 92.1 cm³/mol. The zero-order valence-electron chi connectivity index (χ0n) is 14.0. The van der Waals surface area contributed by atoms with Gasteiger partial charge in [-0.3, -0.25) is 4.79 Å². The third kappa shape index (κ3) is 4.45. The maximum Gasteiger partial charge on any atom is 0.279 e. The van der Waals surface area contributed by atoms with Crippen LogP contribution in [0, 0.1) is 5.92 Å². The number of morpholine rings is 1. The molecule has 126 valence electrons. The number of para-hydroxylation sites is 2. The average molecular weight is 318 g/mol. The molecule has 0 atom stereocenters. The van der Waals surface area contributed by atoms with Gasteiger partial charge in [-0.1, -0.05) is 19.1 Å². The van der Waals surface area contributed by atoms with Crippen molar-refractivity contribution in [2.24, 2.45) is 5.92 Å². The maximum absolute atomic E-state index is 12.4. The fourth-order valence-corrected chi connectivity index (χ4v) is 3.43. The van der Waals surface area contributed by atoms with Crippen molar-refractivity contribution in [3.05, 3.63) is 24.3 Å². The number of hydrogen-bond acceptors (Lipinski definition) is 3. The molecule has 2 aliphatic heterocycles. The number of rotatable bonds is 4. The number of carbonyl (C=O) groups is 1. The van der Waals surface area contributed by atoms with Crippen molar-refractivity contribution in [2.45, 2.75) is 19.8 Å². The number of anilines is 2. The summed E-state index contributed by atoms with van der Waals surface area (Å²) in [4.78, 5) is 16.1. The van der Waals surface area contributed by atoms with E-state index in [0.29, 0.717) is 6.54 Å². The van der Waals surface area contributed by atoms with Crippen LogP contribution in [-0.2, 0) is 9.53 Å². The Morgan fingerprint density at radius 3 is 2.70 bits per heavy atom. The van der Waals surface area contributed by atoms with Crippen LogP contribution < -0.4 is 15.1 Å². The van der Waals surface area contributed by atoms with Crippen LogP contribution in [0.5, 0.6) is 0 Å². The van der Waals surface area contributed by atoms with Gasteiger partial charge in [-0.25, -0.2) is 0 Å². The third-order valence-corrected chi connectivity index (χ3v) is 4.92. The predicted octanol–water partition coefficient (Wildman–Crippen LogP) is 0.777. The molecular formula is C18H28N3O2+. The molecular weight excluding hydrogens is 290 g/mol. The van der Waals surface area contributed by atoms with Gasteiger partial charge in [0.1, 0.15) is 0 Å². The van der Waals surface area contributed by atoms with Crippen LogP contribution in [0.3, 0.4) is 0 Å². The van der Waals surface area contributed by atoms with E-state index < -0.39 is 0 Å². The number of amides is 1. The van der Waals surface area contributed by atoms with E-state index in [2.05, 4.69) is 23.2 Å². The molecule has 0 aromatic heterocycles. The minimum absolute atomic E-state index is 0.121. The minimum Gasteiger partial charge on any atom is -0.378 e. The molecule has 5 nitrogen and oxygen atoms in total. The molecule has 3 rings (SSSR count). The van der Waals surface area contributed by atoms with Crippen LogP contribution in [-0.4, -0.2) is 51.8 Å². The van der Waals surface area contributed by atoms with Crippen molar-refractivity contribution < 1.29 is 14.4 Å². The largest absolute Gasteiger partial charge is 0.378 e. The highest BCUT2D eigenvalue weighted by Gasteiger charge is 2.22. The van der Waals surface area contributed by atoms with Gasteiger partial charge in [0.15, 0.2) is 6.54 Å². The second-order valence-corrected chi connectivity index (χ2v) is 6.77. The van der Waals surface area contributed by atoms with Crippen LogP contribution in [0.25, 0.3) is 0 Å². The molecule has 0 bridgehead atoms. The highest BCUT2D eigenvalue weighted by molar-refractivity contribution is 5.95. The molecule has 2 saturated heterocycles. The number of ether oxygens (including phenoxy) is 1. The lowest BCUT2D eigenvalue weighted by Crippen LogP contribution is -3.14. The van der Waals surface area contributed by atoms with Crippen LogP contribution >= 0.6 is 0 Å². The van der Waals surface area contributed by atoms with Crippen molar-refractivity contribution in [2.75, 3.05) is 56.2 Å². The quantitative estimate of drug-likeness (QED) is 0.862. The van der Waals surface area contributed by atoms with E-state index in [1.165, 1.54) is 17.7 Å². The van der Waals surface area contributed by atoms with Crippen molar-refractivity contribution in [1.82, 2.24) is 0 Å². The van der Waals surface area contributed by atoms with Gasteiger partial charge >= 0.3 is 0 Å². The molecule has 5 heteroatoms. The van der Waals surface area contributed by atoms with E-state index in [1.54, 1.807) is 0 Å². The Labute approximate surface area is 138 Å². The average Bonchev–Trinajstić information content (AvgIpc) is 2.58. The zero-order valence-corrected chi connectivity index (χ0v) is 14.0. The summed E-state index contributed by atoms with van der Waals surface area (Å²) in [5, 5.41) is 3.12. The lowest BCUT2D eigenvalue weighted by molar-refractivity contribution is -0.897. The van der Waals surface area contributed by atoms with Crippen LogP contribution in [0.15, 0.2) is 24.3 Å². The normalized spacial score (nSPS) is 25.2. The van der Waals surface area contributed by atoms with Gasteiger partial charge in [0.25, 0.3) is 5.91 Å². The summed E-state index contributed by atoms with van der Waals surface area (Å²) in [6.45, 7) is 8.35. The molecule has 0 radical (unpaired) electrons. The number of piperidine rings is 1. The molecule has 2 fully saturated rings. The summed E-state index contributed by atoms with van der Waals surface area (Å²) in [6, 6.07) is 8.08. The Hall–Kier alpha value is -1.59. The number of likely N-dealkylation sites (tertiary alicyclic amines) is 1. The minimum atomic E-state index is 0.121. The highest BCUT2D eigenvalue weighted by atomic mass is 16.5. The molecule has 23 heavy (non-hydrogen) atoms. The fraction of sp³-hybridized carbons (Fsp3) is 0.611. The topological polar surface area (TPSA) is 46.0 Å². The Morgan fingerprint density at radius 2 is 1.96 bits per heavy atom. The molecule has 1 aromatic rings. The van der Waals surface area contributed by atoms with Crippen molar-refractivity contribution in [3.8, 4) is 0 Å². The number of quaternary nitrogens is 1. The summed E-state index contributed by atoms with van der Waals surface area (Å²) in [5.41, 5.74) is 2.02. The Kier molecular flexibility index (Phi) is 5.51. The molecule has 2 aliphatic rings. The first-order valence-electron chi connectivity index (χ1n) is 8.77. The standard InChI is InChI=1S/C18H27N3O2/c1-15-6-8-20(9-7-15)14-18(22)19-16-4-2-3-5-17(16)21-10-12-23-13-11-21/h2-5,15H,6-14H2,1H3,(H,19,22)/p+1. The summed E-state index contributed by atoms with van der Waals surface area (Å²) < 4.78 is 5.42. The van der Waals surface area contributed by atoms with Gasteiger partial charge in [0, 0.05) is 13.1 Å². The van der Waals surface area contributed by atoms with Gasteiger partial charge in [0.2, 0.25) is 0 Å². The number of benzene rings is 1. The molecule has 1 amide bonds. The number of nitrogens with one attached hydrogen (secondary N) is 2. The Morgan fingerprint density at radius 1 is 1.26 bits per heavy atom. The van der Waals surface area contributed by atoms with Crippen molar-refractivity contribution in [1.29, 1.82) is 0 Å². The maximum atomic E-state index is 12.4. The zero-order chi connectivity index (χ0) is 16.1. The van der Waals surface area contributed by atoms with Gasteiger partial charge in [0.05, 0.1) is 37.7 Å². The third-order valence-electron chi connectivity index (χ3n) is 4.92. The van der Waals surface area contributed by atoms with Crippen molar-refractivity contribution in [3.63, 3.8) is 0 Å². The van der Waals surface area contributed by atoms with E-state index in [9.17, 15) is 4.79 Å². The number of nitrogens with zero attached hydrogens (tertiary/aromatic N) is 1. The van der Waals surface area contributed by atoms with Gasteiger partial charge in [-0.05, 0) is 30.9 Å².